The minimum atomic E-state index is 0.338. The first-order valence-electron chi connectivity index (χ1n) is 6.23. The van der Waals surface area contributed by atoms with Gasteiger partial charge in [-0.1, -0.05) is 12.5 Å². The van der Waals surface area contributed by atoms with Crippen LogP contribution in [0.25, 0.3) is 0 Å². The molecule has 1 aliphatic heterocycles. The van der Waals surface area contributed by atoms with Gasteiger partial charge in [-0.3, -0.25) is 0 Å². The summed E-state index contributed by atoms with van der Waals surface area (Å²) in [4.78, 5) is 0. The van der Waals surface area contributed by atoms with Crippen molar-refractivity contribution in [2.75, 3.05) is 14.2 Å². The van der Waals surface area contributed by atoms with E-state index in [1.165, 1.54) is 12.8 Å². The van der Waals surface area contributed by atoms with Crippen molar-refractivity contribution in [3.63, 3.8) is 0 Å². The molecule has 0 spiro atoms. The monoisotopic (exact) mass is 235 g/mol. The first-order chi connectivity index (χ1) is 8.26. The molecule has 2 unspecified atom stereocenters. The predicted molar refractivity (Wildman–Crippen MR) is 68.7 cm³/mol. The highest BCUT2D eigenvalue weighted by Crippen LogP contribution is 2.38. The number of benzene rings is 1. The first-order valence-corrected chi connectivity index (χ1v) is 6.23. The Hall–Kier alpha value is -1.22. The Morgan fingerprint density at radius 1 is 1.12 bits per heavy atom. The summed E-state index contributed by atoms with van der Waals surface area (Å²) >= 11 is 0. The summed E-state index contributed by atoms with van der Waals surface area (Å²) in [5.41, 5.74) is 1.16. The van der Waals surface area contributed by atoms with Crippen molar-refractivity contribution in [1.82, 2.24) is 5.32 Å². The molecule has 3 heteroatoms. The van der Waals surface area contributed by atoms with E-state index < -0.39 is 0 Å². The van der Waals surface area contributed by atoms with Crippen LogP contribution >= 0.6 is 0 Å². The molecule has 0 saturated carbocycles. The predicted octanol–water partition coefficient (Wildman–Crippen LogP) is 2.91. The second-order valence-corrected chi connectivity index (χ2v) is 4.63. The van der Waals surface area contributed by atoms with Crippen molar-refractivity contribution in [3.05, 3.63) is 23.8 Å². The maximum Gasteiger partial charge on any atom is 0.127 e. The lowest BCUT2D eigenvalue weighted by molar-refractivity contribution is 0.314. The lowest BCUT2D eigenvalue weighted by atomic mass is 9.93. The molecule has 1 aromatic carbocycles. The van der Waals surface area contributed by atoms with Crippen molar-refractivity contribution >= 4 is 0 Å². The van der Waals surface area contributed by atoms with Crippen LogP contribution in [0.15, 0.2) is 18.2 Å². The van der Waals surface area contributed by atoms with Crippen LogP contribution in [-0.2, 0) is 0 Å². The fourth-order valence-corrected chi connectivity index (χ4v) is 2.59. The molecule has 3 nitrogen and oxygen atoms in total. The molecular formula is C14H21NO2. The molecule has 0 radical (unpaired) electrons. The Balaban J connectivity index is 2.34. The van der Waals surface area contributed by atoms with Crippen molar-refractivity contribution in [2.45, 2.75) is 38.3 Å². The Morgan fingerprint density at radius 3 is 2.29 bits per heavy atom. The molecule has 0 aromatic heterocycles. The lowest BCUT2D eigenvalue weighted by Crippen LogP contribution is -2.34. The van der Waals surface area contributed by atoms with Gasteiger partial charge in [0.15, 0.2) is 0 Å². The van der Waals surface area contributed by atoms with E-state index in [9.17, 15) is 0 Å². The lowest BCUT2D eigenvalue weighted by Gasteiger charge is -2.30. The second kappa shape index (κ2) is 5.41. The van der Waals surface area contributed by atoms with Gasteiger partial charge in [0, 0.05) is 12.1 Å². The van der Waals surface area contributed by atoms with Gasteiger partial charge < -0.3 is 14.8 Å². The van der Waals surface area contributed by atoms with Gasteiger partial charge >= 0.3 is 0 Å². The molecule has 1 fully saturated rings. The van der Waals surface area contributed by atoms with Crippen molar-refractivity contribution in [1.29, 1.82) is 0 Å². The van der Waals surface area contributed by atoms with Crippen molar-refractivity contribution < 1.29 is 9.47 Å². The minimum Gasteiger partial charge on any atom is -0.496 e. The van der Waals surface area contributed by atoms with Crippen molar-refractivity contribution in [3.8, 4) is 11.5 Å². The quantitative estimate of drug-likeness (QED) is 0.873. The van der Waals surface area contributed by atoms with Gasteiger partial charge in [-0.15, -0.1) is 0 Å². The van der Waals surface area contributed by atoms with Crippen molar-refractivity contribution in [2.24, 2.45) is 0 Å². The van der Waals surface area contributed by atoms with E-state index in [1.54, 1.807) is 14.2 Å². The van der Waals surface area contributed by atoms with E-state index >= 15 is 0 Å². The normalized spacial score (nSPS) is 24.4. The summed E-state index contributed by atoms with van der Waals surface area (Å²) in [5.74, 6) is 1.83. The maximum absolute atomic E-state index is 5.46. The topological polar surface area (TPSA) is 30.5 Å². The smallest absolute Gasteiger partial charge is 0.127 e. The highest BCUT2D eigenvalue weighted by atomic mass is 16.5. The van der Waals surface area contributed by atoms with E-state index in [0.29, 0.717) is 12.1 Å². The minimum absolute atomic E-state index is 0.338. The molecule has 1 N–H and O–H groups in total. The highest BCUT2D eigenvalue weighted by molar-refractivity contribution is 5.47. The molecule has 1 saturated heterocycles. The van der Waals surface area contributed by atoms with Crippen LogP contribution in [0.4, 0.5) is 0 Å². The number of rotatable bonds is 3. The molecule has 2 atom stereocenters. The fraction of sp³-hybridized carbons (Fsp3) is 0.571. The molecule has 94 valence electrons. The van der Waals surface area contributed by atoms with Gasteiger partial charge in [0.25, 0.3) is 0 Å². The third kappa shape index (κ3) is 2.55. The summed E-state index contributed by atoms with van der Waals surface area (Å²) < 4.78 is 10.9. The Morgan fingerprint density at radius 2 is 1.76 bits per heavy atom. The van der Waals surface area contributed by atoms with Gasteiger partial charge in [0.05, 0.1) is 19.8 Å². The molecule has 2 rings (SSSR count). The van der Waals surface area contributed by atoms with Gasteiger partial charge in [0.1, 0.15) is 11.5 Å². The molecule has 0 aliphatic carbocycles. The summed E-state index contributed by atoms with van der Waals surface area (Å²) in [6.07, 6.45) is 3.63. The maximum atomic E-state index is 5.46. The first kappa shape index (κ1) is 12.2. The van der Waals surface area contributed by atoms with E-state index in [1.807, 2.05) is 18.2 Å². The molecule has 1 heterocycles. The number of nitrogens with one attached hydrogen (secondary N) is 1. The Kier molecular flexibility index (Phi) is 3.89. The van der Waals surface area contributed by atoms with Gasteiger partial charge in [-0.25, -0.2) is 0 Å². The number of methoxy groups -OCH3 is 2. The van der Waals surface area contributed by atoms with E-state index in [2.05, 4.69) is 12.2 Å². The third-order valence-electron chi connectivity index (χ3n) is 3.43. The molecular weight excluding hydrogens is 214 g/mol. The van der Waals surface area contributed by atoms with Crippen LogP contribution in [-0.4, -0.2) is 20.3 Å². The zero-order valence-electron chi connectivity index (χ0n) is 10.8. The van der Waals surface area contributed by atoms with E-state index in [0.717, 1.165) is 23.5 Å². The van der Waals surface area contributed by atoms with Crippen LogP contribution in [0.1, 0.15) is 37.8 Å². The van der Waals surface area contributed by atoms with E-state index in [4.69, 9.17) is 9.47 Å². The molecule has 17 heavy (non-hydrogen) atoms. The highest BCUT2D eigenvalue weighted by Gasteiger charge is 2.25. The van der Waals surface area contributed by atoms with Gasteiger partial charge in [0.2, 0.25) is 0 Å². The SMILES string of the molecule is COc1cccc(OC)c1C1CCCC(C)N1. The Labute approximate surface area is 103 Å². The summed E-state index contributed by atoms with van der Waals surface area (Å²) in [6, 6.07) is 6.86. The summed E-state index contributed by atoms with van der Waals surface area (Å²) in [6.45, 7) is 2.23. The summed E-state index contributed by atoms with van der Waals surface area (Å²) in [5, 5.41) is 3.62. The summed E-state index contributed by atoms with van der Waals surface area (Å²) in [7, 11) is 3.43. The Bertz CT molecular complexity index is 356. The average molecular weight is 235 g/mol. The van der Waals surface area contributed by atoms with Crippen LogP contribution < -0.4 is 14.8 Å². The zero-order valence-corrected chi connectivity index (χ0v) is 10.8. The van der Waals surface area contributed by atoms with Crippen LogP contribution in [0, 0.1) is 0 Å². The van der Waals surface area contributed by atoms with Crippen LogP contribution in [0.2, 0.25) is 0 Å². The molecule has 0 bridgehead atoms. The number of hydrogen-bond donors (Lipinski definition) is 1. The average Bonchev–Trinajstić information content (AvgIpc) is 2.37. The largest absolute Gasteiger partial charge is 0.496 e. The second-order valence-electron chi connectivity index (χ2n) is 4.63. The molecule has 0 amide bonds. The zero-order chi connectivity index (χ0) is 12.3. The molecule has 1 aliphatic rings. The molecule has 1 aromatic rings. The number of ether oxygens (including phenoxy) is 2. The van der Waals surface area contributed by atoms with Crippen LogP contribution in [0.3, 0.4) is 0 Å². The van der Waals surface area contributed by atoms with Gasteiger partial charge in [-0.2, -0.15) is 0 Å². The number of piperidine rings is 1. The van der Waals surface area contributed by atoms with Gasteiger partial charge in [-0.05, 0) is 31.9 Å². The van der Waals surface area contributed by atoms with E-state index in [-0.39, 0.29) is 0 Å². The van der Waals surface area contributed by atoms with Crippen LogP contribution in [0.5, 0.6) is 11.5 Å². The third-order valence-corrected chi connectivity index (χ3v) is 3.43. The standard InChI is InChI=1S/C14H21NO2/c1-10-6-4-7-11(15-10)14-12(16-2)8-5-9-13(14)17-3/h5,8-11,15H,4,6-7H2,1-3H3. The fourth-order valence-electron chi connectivity index (χ4n) is 2.59. The number of hydrogen-bond acceptors (Lipinski definition) is 3.